The fourth-order valence-electron chi connectivity index (χ4n) is 3.03. The maximum atomic E-state index is 12.8. The van der Waals surface area contributed by atoms with E-state index < -0.39 is 11.5 Å². The molecule has 1 aromatic carbocycles. The fourth-order valence-corrected chi connectivity index (χ4v) is 3.03. The number of aromatic nitrogens is 1. The molecule has 1 N–H and O–H groups in total. The summed E-state index contributed by atoms with van der Waals surface area (Å²) in [6.07, 6.45) is 6.57. The molecule has 0 radical (unpaired) electrons. The summed E-state index contributed by atoms with van der Waals surface area (Å²) >= 11 is 0. The summed E-state index contributed by atoms with van der Waals surface area (Å²) in [6.45, 7) is 3.87. The third-order valence-electron chi connectivity index (χ3n) is 4.39. The molecule has 142 valence electrons. The number of rotatable bonds is 9. The number of hydrogen-bond acceptors (Lipinski definition) is 5. The van der Waals surface area contributed by atoms with Gasteiger partial charge in [-0.1, -0.05) is 39.0 Å². The normalized spacial score (nSPS) is 10.9. The predicted molar refractivity (Wildman–Crippen MR) is 101 cm³/mol. The number of methoxy groups -OCH3 is 1. The molecule has 0 saturated carbocycles. The van der Waals surface area contributed by atoms with E-state index in [0.29, 0.717) is 23.2 Å². The van der Waals surface area contributed by atoms with Crippen molar-refractivity contribution in [1.29, 1.82) is 0 Å². The zero-order chi connectivity index (χ0) is 19.1. The van der Waals surface area contributed by atoms with Gasteiger partial charge in [0.25, 0.3) is 5.56 Å². The maximum absolute atomic E-state index is 12.8. The summed E-state index contributed by atoms with van der Waals surface area (Å²) in [5.41, 5.74) is 0.0586. The first kappa shape index (κ1) is 19.8. The van der Waals surface area contributed by atoms with E-state index in [9.17, 15) is 14.7 Å². The first-order valence-corrected chi connectivity index (χ1v) is 9.11. The van der Waals surface area contributed by atoms with Gasteiger partial charge in [-0.2, -0.15) is 0 Å². The fraction of sp³-hybridized carbons (Fsp3) is 0.500. The number of esters is 1. The van der Waals surface area contributed by atoms with Crippen molar-refractivity contribution in [2.45, 2.75) is 58.9 Å². The second kappa shape index (κ2) is 9.27. The Bertz CT molecular complexity index is 825. The number of aryl methyl sites for hydroxylation is 1. The van der Waals surface area contributed by atoms with Crippen LogP contribution in [-0.2, 0) is 11.3 Å². The Balaban J connectivity index is 2.40. The van der Waals surface area contributed by atoms with Gasteiger partial charge in [0.1, 0.15) is 5.75 Å². The van der Waals surface area contributed by atoms with Gasteiger partial charge in [0.15, 0.2) is 5.75 Å². The number of unbranched alkanes of at least 4 members (excludes halogenated alkanes) is 5. The standard InChI is InChI=1S/C20H27NO5/c1-4-5-6-7-8-9-12-21-17-13-15(25-3)10-11-16(17)18(23)19(20(21)24)26-14(2)22/h10-11,13,23H,4-9,12H2,1-3H3. The topological polar surface area (TPSA) is 77.8 Å². The van der Waals surface area contributed by atoms with Crippen LogP contribution in [-0.4, -0.2) is 22.8 Å². The van der Waals surface area contributed by atoms with Gasteiger partial charge < -0.3 is 19.1 Å². The number of carbonyl (C=O) groups excluding carboxylic acids is 1. The quantitative estimate of drug-likeness (QED) is 0.539. The van der Waals surface area contributed by atoms with Crippen molar-refractivity contribution in [2.24, 2.45) is 0 Å². The van der Waals surface area contributed by atoms with Gasteiger partial charge in [0.05, 0.1) is 12.6 Å². The lowest BCUT2D eigenvalue weighted by Crippen LogP contribution is -2.24. The molecule has 1 aromatic heterocycles. The second-order valence-corrected chi connectivity index (χ2v) is 6.38. The average Bonchev–Trinajstić information content (AvgIpc) is 2.63. The van der Waals surface area contributed by atoms with Gasteiger partial charge in [-0.3, -0.25) is 9.59 Å². The van der Waals surface area contributed by atoms with Gasteiger partial charge >= 0.3 is 5.97 Å². The lowest BCUT2D eigenvalue weighted by Gasteiger charge is -2.15. The Morgan fingerprint density at radius 3 is 2.50 bits per heavy atom. The van der Waals surface area contributed by atoms with E-state index in [1.807, 2.05) is 0 Å². The molecule has 0 atom stereocenters. The van der Waals surface area contributed by atoms with Gasteiger partial charge in [0.2, 0.25) is 5.75 Å². The van der Waals surface area contributed by atoms with Crippen molar-refractivity contribution in [2.75, 3.05) is 7.11 Å². The minimum atomic E-state index is -0.642. The number of pyridine rings is 1. The SMILES string of the molecule is CCCCCCCCn1c(=O)c(OC(C)=O)c(O)c2ccc(OC)cc21. The van der Waals surface area contributed by atoms with E-state index in [0.717, 1.165) is 19.3 Å². The van der Waals surface area contributed by atoms with Crippen LogP contribution < -0.4 is 15.0 Å². The molecule has 0 unspecified atom stereocenters. The highest BCUT2D eigenvalue weighted by Gasteiger charge is 2.19. The van der Waals surface area contributed by atoms with Crippen LogP contribution in [0.25, 0.3) is 10.9 Å². The van der Waals surface area contributed by atoms with Crippen LogP contribution in [0.3, 0.4) is 0 Å². The Labute approximate surface area is 153 Å². The molecule has 0 spiro atoms. The molecule has 2 aromatic rings. The van der Waals surface area contributed by atoms with Crippen LogP contribution in [0.1, 0.15) is 52.4 Å². The molecule has 0 aliphatic heterocycles. The molecule has 6 heteroatoms. The van der Waals surface area contributed by atoms with Crippen LogP contribution in [0.4, 0.5) is 0 Å². The van der Waals surface area contributed by atoms with Crippen molar-refractivity contribution in [3.63, 3.8) is 0 Å². The predicted octanol–water partition coefficient (Wildman–Crippen LogP) is 4.00. The molecule has 0 bridgehead atoms. The molecule has 26 heavy (non-hydrogen) atoms. The number of nitrogens with zero attached hydrogens (tertiary/aromatic N) is 1. The van der Waals surface area contributed by atoms with E-state index in [1.54, 1.807) is 29.9 Å². The molecule has 0 saturated heterocycles. The maximum Gasteiger partial charge on any atom is 0.308 e. The average molecular weight is 361 g/mol. The summed E-state index contributed by atoms with van der Waals surface area (Å²) in [7, 11) is 1.55. The molecular weight excluding hydrogens is 334 g/mol. The molecule has 0 fully saturated rings. The van der Waals surface area contributed by atoms with Crippen molar-refractivity contribution in [3.8, 4) is 17.2 Å². The Kier molecular flexibility index (Phi) is 7.06. The van der Waals surface area contributed by atoms with E-state index in [2.05, 4.69) is 6.92 Å². The molecular formula is C20H27NO5. The zero-order valence-corrected chi connectivity index (χ0v) is 15.7. The van der Waals surface area contributed by atoms with E-state index in [1.165, 1.54) is 26.2 Å². The Morgan fingerprint density at radius 1 is 1.15 bits per heavy atom. The van der Waals surface area contributed by atoms with Crippen molar-refractivity contribution in [1.82, 2.24) is 4.57 Å². The molecule has 0 aliphatic carbocycles. The third kappa shape index (κ3) is 4.56. The number of hydrogen-bond donors (Lipinski definition) is 1. The van der Waals surface area contributed by atoms with E-state index in [4.69, 9.17) is 9.47 Å². The van der Waals surface area contributed by atoms with Gasteiger partial charge in [-0.25, -0.2) is 0 Å². The number of fused-ring (bicyclic) bond motifs is 1. The van der Waals surface area contributed by atoms with E-state index in [-0.39, 0.29) is 11.5 Å². The van der Waals surface area contributed by atoms with Crippen molar-refractivity contribution < 1.29 is 19.4 Å². The highest BCUT2D eigenvalue weighted by molar-refractivity contribution is 5.89. The van der Waals surface area contributed by atoms with Gasteiger partial charge in [-0.05, 0) is 18.6 Å². The zero-order valence-electron chi connectivity index (χ0n) is 15.7. The number of carbonyl (C=O) groups is 1. The summed E-state index contributed by atoms with van der Waals surface area (Å²) in [4.78, 5) is 24.1. The number of benzene rings is 1. The van der Waals surface area contributed by atoms with Crippen molar-refractivity contribution in [3.05, 3.63) is 28.6 Å². The van der Waals surface area contributed by atoms with Gasteiger partial charge in [-0.15, -0.1) is 0 Å². The first-order chi connectivity index (χ1) is 12.5. The molecule has 6 nitrogen and oxygen atoms in total. The van der Waals surface area contributed by atoms with Crippen LogP contribution >= 0.6 is 0 Å². The summed E-state index contributed by atoms with van der Waals surface area (Å²) in [6, 6.07) is 5.07. The molecule has 1 heterocycles. The number of ether oxygens (including phenoxy) is 2. The first-order valence-electron chi connectivity index (χ1n) is 9.11. The minimum absolute atomic E-state index is 0.318. The molecule has 0 aliphatic rings. The largest absolute Gasteiger partial charge is 0.504 e. The summed E-state index contributed by atoms with van der Waals surface area (Å²) in [5.74, 6) is -0.687. The third-order valence-corrected chi connectivity index (χ3v) is 4.39. The summed E-state index contributed by atoms with van der Waals surface area (Å²) in [5, 5.41) is 10.9. The lowest BCUT2D eigenvalue weighted by molar-refractivity contribution is -0.132. The van der Waals surface area contributed by atoms with Crippen LogP contribution in [0, 0.1) is 0 Å². The van der Waals surface area contributed by atoms with Gasteiger partial charge in [0, 0.05) is 24.9 Å². The lowest BCUT2D eigenvalue weighted by atomic mass is 10.1. The van der Waals surface area contributed by atoms with E-state index >= 15 is 0 Å². The monoisotopic (exact) mass is 361 g/mol. The minimum Gasteiger partial charge on any atom is -0.504 e. The second-order valence-electron chi connectivity index (χ2n) is 6.38. The Hall–Kier alpha value is -2.50. The highest BCUT2D eigenvalue weighted by Crippen LogP contribution is 2.33. The van der Waals surface area contributed by atoms with Crippen molar-refractivity contribution >= 4 is 16.9 Å². The van der Waals surface area contributed by atoms with Crippen LogP contribution in [0.2, 0.25) is 0 Å². The number of aromatic hydroxyl groups is 1. The van der Waals surface area contributed by atoms with Crippen LogP contribution in [0.5, 0.6) is 17.2 Å². The molecule has 0 amide bonds. The highest BCUT2D eigenvalue weighted by atomic mass is 16.5. The Morgan fingerprint density at radius 2 is 1.85 bits per heavy atom. The summed E-state index contributed by atoms with van der Waals surface area (Å²) < 4.78 is 11.8. The van der Waals surface area contributed by atoms with Crippen LogP contribution in [0.15, 0.2) is 23.0 Å². The smallest absolute Gasteiger partial charge is 0.308 e. The molecule has 2 rings (SSSR count).